The van der Waals surface area contributed by atoms with E-state index >= 15 is 0 Å². The van der Waals surface area contributed by atoms with Crippen LogP contribution in [0.15, 0.2) is 23.0 Å². The van der Waals surface area contributed by atoms with E-state index in [4.69, 9.17) is 0 Å². The minimum Gasteiger partial charge on any atom is -0.313 e. The van der Waals surface area contributed by atoms with E-state index in [2.05, 4.69) is 0 Å². The maximum atomic E-state index is 11.1. The van der Waals surface area contributed by atoms with E-state index in [9.17, 15) is 4.79 Å². The summed E-state index contributed by atoms with van der Waals surface area (Å²) in [5, 5.41) is 0. The highest BCUT2D eigenvalue weighted by atomic mass is 16.1. The molecule has 0 spiro atoms. The number of hydrogen-bond donors (Lipinski definition) is 0. The Labute approximate surface area is 72.8 Å². The summed E-state index contributed by atoms with van der Waals surface area (Å²) in [6.45, 7) is 4.91. The predicted octanol–water partition coefficient (Wildman–Crippen LogP) is 1.82. The van der Waals surface area contributed by atoms with Gasteiger partial charge in [-0.25, -0.2) is 0 Å². The molecule has 1 aliphatic heterocycles. The molecule has 2 rings (SSSR count). The SMILES string of the molecule is CC.O=c1cccc2n1CCC2. The molecule has 1 aromatic heterocycles. The largest absolute Gasteiger partial charge is 0.313 e. The van der Waals surface area contributed by atoms with Gasteiger partial charge in [0.05, 0.1) is 0 Å². The number of pyridine rings is 1. The molecule has 1 aromatic rings. The van der Waals surface area contributed by atoms with Crippen LogP contribution < -0.4 is 5.56 Å². The monoisotopic (exact) mass is 165 g/mol. The molecule has 0 fully saturated rings. The van der Waals surface area contributed by atoms with Gasteiger partial charge in [0.25, 0.3) is 5.56 Å². The Kier molecular flexibility index (Phi) is 3.09. The van der Waals surface area contributed by atoms with Crippen molar-refractivity contribution >= 4 is 0 Å². The zero-order chi connectivity index (χ0) is 8.97. The van der Waals surface area contributed by atoms with Crippen LogP contribution in [0.25, 0.3) is 0 Å². The van der Waals surface area contributed by atoms with Gasteiger partial charge in [0, 0.05) is 18.3 Å². The molecule has 0 aromatic carbocycles. The highest BCUT2D eigenvalue weighted by molar-refractivity contribution is 5.09. The van der Waals surface area contributed by atoms with Crippen LogP contribution in [-0.2, 0) is 13.0 Å². The zero-order valence-corrected chi connectivity index (χ0v) is 7.71. The summed E-state index contributed by atoms with van der Waals surface area (Å²) in [6, 6.07) is 5.47. The first-order valence-corrected chi connectivity index (χ1v) is 4.57. The normalized spacial score (nSPS) is 13.2. The van der Waals surface area contributed by atoms with E-state index in [0.29, 0.717) is 0 Å². The van der Waals surface area contributed by atoms with Gasteiger partial charge in [0.2, 0.25) is 0 Å². The second-order valence-corrected chi connectivity index (χ2v) is 2.61. The smallest absolute Gasteiger partial charge is 0.250 e. The lowest BCUT2D eigenvalue weighted by Gasteiger charge is -1.98. The van der Waals surface area contributed by atoms with Crippen LogP contribution in [0.5, 0.6) is 0 Å². The van der Waals surface area contributed by atoms with Crippen LogP contribution in [-0.4, -0.2) is 4.57 Å². The molecule has 1 aliphatic rings. The number of aromatic nitrogens is 1. The minimum atomic E-state index is 0.148. The molecule has 0 atom stereocenters. The number of aryl methyl sites for hydroxylation is 1. The fourth-order valence-corrected chi connectivity index (χ4v) is 1.45. The molecular formula is C10H15NO. The fourth-order valence-electron chi connectivity index (χ4n) is 1.45. The first-order valence-electron chi connectivity index (χ1n) is 4.57. The van der Waals surface area contributed by atoms with Crippen molar-refractivity contribution < 1.29 is 0 Å². The molecule has 0 radical (unpaired) electrons. The third-order valence-corrected chi connectivity index (χ3v) is 1.95. The van der Waals surface area contributed by atoms with Crippen molar-refractivity contribution in [2.24, 2.45) is 0 Å². The maximum Gasteiger partial charge on any atom is 0.250 e. The van der Waals surface area contributed by atoms with Crippen molar-refractivity contribution in [3.63, 3.8) is 0 Å². The second-order valence-electron chi connectivity index (χ2n) is 2.61. The van der Waals surface area contributed by atoms with Crippen molar-refractivity contribution in [3.05, 3.63) is 34.2 Å². The number of hydrogen-bond acceptors (Lipinski definition) is 1. The van der Waals surface area contributed by atoms with Crippen LogP contribution in [0.4, 0.5) is 0 Å². The fraction of sp³-hybridized carbons (Fsp3) is 0.500. The summed E-state index contributed by atoms with van der Waals surface area (Å²) in [5.41, 5.74) is 1.34. The molecule has 0 saturated heterocycles. The quantitative estimate of drug-likeness (QED) is 0.574. The Morgan fingerprint density at radius 1 is 1.33 bits per heavy atom. The summed E-state index contributed by atoms with van der Waals surface area (Å²) >= 11 is 0. The zero-order valence-electron chi connectivity index (χ0n) is 7.71. The van der Waals surface area contributed by atoms with Crippen molar-refractivity contribution in [1.29, 1.82) is 0 Å². The third-order valence-electron chi connectivity index (χ3n) is 1.95. The van der Waals surface area contributed by atoms with Gasteiger partial charge in [0.15, 0.2) is 0 Å². The summed E-state index contributed by atoms with van der Waals surface area (Å²) < 4.78 is 1.85. The van der Waals surface area contributed by atoms with Gasteiger partial charge in [-0.15, -0.1) is 0 Å². The predicted molar refractivity (Wildman–Crippen MR) is 50.4 cm³/mol. The summed E-state index contributed by atoms with van der Waals surface area (Å²) in [7, 11) is 0. The molecule has 2 nitrogen and oxygen atoms in total. The molecule has 0 amide bonds. The van der Waals surface area contributed by atoms with Gasteiger partial charge in [-0.2, -0.15) is 0 Å². The van der Waals surface area contributed by atoms with Crippen LogP contribution in [0.3, 0.4) is 0 Å². The van der Waals surface area contributed by atoms with E-state index in [0.717, 1.165) is 19.4 Å². The molecule has 2 heteroatoms. The van der Waals surface area contributed by atoms with Crippen LogP contribution >= 0.6 is 0 Å². The minimum absolute atomic E-state index is 0.148. The molecule has 0 unspecified atom stereocenters. The Balaban J connectivity index is 0.000000336. The molecule has 0 saturated carbocycles. The van der Waals surface area contributed by atoms with Gasteiger partial charge in [-0.05, 0) is 18.9 Å². The van der Waals surface area contributed by atoms with E-state index in [1.807, 2.05) is 30.5 Å². The van der Waals surface area contributed by atoms with Gasteiger partial charge in [-0.3, -0.25) is 4.79 Å². The third kappa shape index (κ3) is 1.58. The standard InChI is InChI=1S/C8H9NO.C2H6/c10-8-5-1-3-7-4-2-6-9(7)8;1-2/h1,3,5H,2,4,6H2;1-2H3. The molecule has 12 heavy (non-hydrogen) atoms. The summed E-state index contributed by atoms with van der Waals surface area (Å²) in [4.78, 5) is 11.1. The average molecular weight is 165 g/mol. The van der Waals surface area contributed by atoms with Gasteiger partial charge in [0.1, 0.15) is 0 Å². The van der Waals surface area contributed by atoms with Crippen molar-refractivity contribution in [3.8, 4) is 0 Å². The Morgan fingerprint density at radius 3 is 2.75 bits per heavy atom. The Hall–Kier alpha value is -1.05. The van der Waals surface area contributed by atoms with Gasteiger partial charge < -0.3 is 4.57 Å². The first kappa shape index (κ1) is 9.04. The number of rotatable bonds is 0. The van der Waals surface area contributed by atoms with E-state index in [1.165, 1.54) is 5.69 Å². The number of nitrogens with zero attached hydrogens (tertiary/aromatic N) is 1. The van der Waals surface area contributed by atoms with Gasteiger partial charge >= 0.3 is 0 Å². The van der Waals surface area contributed by atoms with Crippen molar-refractivity contribution in [2.75, 3.05) is 0 Å². The molecule has 66 valence electrons. The Morgan fingerprint density at radius 2 is 2.08 bits per heavy atom. The number of fused-ring (bicyclic) bond motifs is 1. The van der Waals surface area contributed by atoms with Crippen LogP contribution in [0.1, 0.15) is 26.0 Å². The summed E-state index contributed by atoms with van der Waals surface area (Å²) in [6.07, 6.45) is 2.19. The first-order chi connectivity index (χ1) is 5.88. The van der Waals surface area contributed by atoms with E-state index < -0.39 is 0 Å². The topological polar surface area (TPSA) is 22.0 Å². The highest BCUT2D eigenvalue weighted by Crippen LogP contribution is 2.09. The molecule has 2 heterocycles. The molecular weight excluding hydrogens is 150 g/mol. The molecule has 0 bridgehead atoms. The van der Waals surface area contributed by atoms with Gasteiger partial charge in [-0.1, -0.05) is 19.9 Å². The van der Waals surface area contributed by atoms with Crippen molar-refractivity contribution in [1.82, 2.24) is 4.57 Å². The lowest BCUT2D eigenvalue weighted by atomic mass is 10.3. The van der Waals surface area contributed by atoms with Crippen molar-refractivity contribution in [2.45, 2.75) is 33.2 Å². The average Bonchev–Trinajstić information content (AvgIpc) is 2.57. The Bertz CT molecular complexity index is 301. The second kappa shape index (κ2) is 4.10. The summed E-state index contributed by atoms with van der Waals surface area (Å²) in [5.74, 6) is 0. The van der Waals surface area contributed by atoms with Crippen LogP contribution in [0.2, 0.25) is 0 Å². The van der Waals surface area contributed by atoms with E-state index in [-0.39, 0.29) is 5.56 Å². The lowest BCUT2D eigenvalue weighted by Crippen LogP contribution is -2.16. The highest BCUT2D eigenvalue weighted by Gasteiger charge is 2.08. The lowest BCUT2D eigenvalue weighted by molar-refractivity contribution is 0.721. The van der Waals surface area contributed by atoms with Crippen LogP contribution in [0, 0.1) is 0 Å². The van der Waals surface area contributed by atoms with E-state index in [1.54, 1.807) is 6.07 Å². The molecule has 0 aliphatic carbocycles. The maximum absolute atomic E-state index is 11.1. The molecule has 0 N–H and O–H groups in total.